The van der Waals surface area contributed by atoms with Crippen LogP contribution in [-0.2, 0) is 16.6 Å². The zero-order valence-corrected chi connectivity index (χ0v) is 11.7. The molecule has 2 rings (SSSR count). The predicted molar refractivity (Wildman–Crippen MR) is 71.5 cm³/mol. The number of sulfonamides is 1. The summed E-state index contributed by atoms with van der Waals surface area (Å²) in [5, 5.41) is 0. The number of rotatable bonds is 3. The Labute approximate surface area is 109 Å². The SMILES string of the molecule is CC1CCN(S(=O)(=O)c2ccc(CN)cc2)C1C. The van der Waals surface area contributed by atoms with Gasteiger partial charge in [0.15, 0.2) is 0 Å². The molecule has 1 aliphatic heterocycles. The molecule has 1 heterocycles. The van der Waals surface area contributed by atoms with Gasteiger partial charge in [0.25, 0.3) is 0 Å². The van der Waals surface area contributed by atoms with Gasteiger partial charge < -0.3 is 5.73 Å². The maximum atomic E-state index is 12.5. The van der Waals surface area contributed by atoms with E-state index < -0.39 is 10.0 Å². The fourth-order valence-corrected chi connectivity index (χ4v) is 4.07. The van der Waals surface area contributed by atoms with Gasteiger partial charge in [-0.1, -0.05) is 19.1 Å². The van der Waals surface area contributed by atoms with E-state index >= 15 is 0 Å². The Kier molecular flexibility index (Phi) is 3.75. The minimum absolute atomic E-state index is 0.0733. The van der Waals surface area contributed by atoms with Crippen LogP contribution in [0.25, 0.3) is 0 Å². The molecule has 4 nitrogen and oxygen atoms in total. The molecule has 1 aromatic carbocycles. The molecule has 0 spiro atoms. The first-order valence-corrected chi connectivity index (χ1v) is 7.71. The summed E-state index contributed by atoms with van der Waals surface area (Å²) in [7, 11) is -3.35. The summed E-state index contributed by atoms with van der Waals surface area (Å²) in [5.74, 6) is 0.420. The van der Waals surface area contributed by atoms with Crippen LogP contribution < -0.4 is 5.73 Å². The van der Waals surface area contributed by atoms with Crippen molar-refractivity contribution in [3.8, 4) is 0 Å². The minimum Gasteiger partial charge on any atom is -0.326 e. The Morgan fingerprint density at radius 3 is 2.33 bits per heavy atom. The molecule has 0 aromatic heterocycles. The van der Waals surface area contributed by atoms with E-state index in [-0.39, 0.29) is 6.04 Å². The van der Waals surface area contributed by atoms with Crippen LogP contribution in [0.5, 0.6) is 0 Å². The van der Waals surface area contributed by atoms with Crippen LogP contribution in [0.4, 0.5) is 0 Å². The van der Waals surface area contributed by atoms with Crippen molar-refractivity contribution in [2.24, 2.45) is 11.7 Å². The smallest absolute Gasteiger partial charge is 0.243 e. The van der Waals surface area contributed by atoms with Crippen LogP contribution in [-0.4, -0.2) is 25.3 Å². The van der Waals surface area contributed by atoms with E-state index in [4.69, 9.17) is 5.73 Å². The number of hydrogen-bond acceptors (Lipinski definition) is 3. The van der Waals surface area contributed by atoms with Crippen LogP contribution in [0.15, 0.2) is 29.2 Å². The van der Waals surface area contributed by atoms with Gasteiger partial charge in [0.1, 0.15) is 0 Å². The molecule has 0 amide bonds. The molecule has 2 atom stereocenters. The number of benzene rings is 1. The summed E-state index contributed by atoms with van der Waals surface area (Å²) in [6.07, 6.45) is 0.932. The Morgan fingerprint density at radius 2 is 1.89 bits per heavy atom. The Bertz CT molecular complexity index is 510. The standard InChI is InChI=1S/C13H20N2O2S/c1-10-7-8-15(11(10)2)18(16,17)13-5-3-12(9-14)4-6-13/h3-6,10-11H,7-9,14H2,1-2H3. The Balaban J connectivity index is 2.30. The summed E-state index contributed by atoms with van der Waals surface area (Å²) in [6.45, 7) is 5.11. The fourth-order valence-electron chi connectivity index (χ4n) is 2.33. The van der Waals surface area contributed by atoms with Crippen LogP contribution in [0, 0.1) is 5.92 Å². The van der Waals surface area contributed by atoms with Gasteiger partial charge in [-0.25, -0.2) is 8.42 Å². The molecule has 0 radical (unpaired) electrons. The lowest BCUT2D eigenvalue weighted by molar-refractivity contribution is 0.371. The highest BCUT2D eigenvalue weighted by Gasteiger charge is 2.36. The van der Waals surface area contributed by atoms with Gasteiger partial charge in [0.2, 0.25) is 10.0 Å². The molecular weight excluding hydrogens is 248 g/mol. The van der Waals surface area contributed by atoms with Gasteiger partial charge in [0.05, 0.1) is 4.90 Å². The predicted octanol–water partition coefficient (Wildman–Crippen LogP) is 1.56. The first kappa shape index (κ1) is 13.5. The van der Waals surface area contributed by atoms with E-state index in [0.29, 0.717) is 23.9 Å². The quantitative estimate of drug-likeness (QED) is 0.905. The Morgan fingerprint density at radius 1 is 1.28 bits per heavy atom. The normalized spacial score (nSPS) is 25.5. The summed E-state index contributed by atoms with van der Waals surface area (Å²) >= 11 is 0. The third kappa shape index (κ3) is 2.30. The van der Waals surface area contributed by atoms with Crippen molar-refractivity contribution in [2.45, 2.75) is 37.8 Å². The number of nitrogens with two attached hydrogens (primary N) is 1. The maximum absolute atomic E-state index is 12.5. The van der Waals surface area contributed by atoms with Crippen molar-refractivity contribution in [3.63, 3.8) is 0 Å². The van der Waals surface area contributed by atoms with E-state index in [0.717, 1.165) is 12.0 Å². The lowest BCUT2D eigenvalue weighted by Gasteiger charge is -2.22. The van der Waals surface area contributed by atoms with E-state index in [1.807, 2.05) is 6.92 Å². The summed E-state index contributed by atoms with van der Waals surface area (Å²) in [4.78, 5) is 0.362. The van der Waals surface area contributed by atoms with Crippen LogP contribution in [0.1, 0.15) is 25.8 Å². The molecule has 5 heteroatoms. The molecule has 100 valence electrons. The minimum atomic E-state index is -3.35. The lowest BCUT2D eigenvalue weighted by Crippen LogP contribution is -2.35. The highest BCUT2D eigenvalue weighted by molar-refractivity contribution is 7.89. The van der Waals surface area contributed by atoms with Gasteiger partial charge in [-0.05, 0) is 37.0 Å². The molecule has 1 aliphatic rings. The van der Waals surface area contributed by atoms with Crippen molar-refractivity contribution < 1.29 is 8.42 Å². The summed E-state index contributed by atoms with van der Waals surface area (Å²) in [6, 6.07) is 6.92. The molecule has 0 bridgehead atoms. The van der Waals surface area contributed by atoms with E-state index in [2.05, 4.69) is 6.92 Å². The molecule has 2 N–H and O–H groups in total. The average Bonchev–Trinajstić information content (AvgIpc) is 2.70. The van der Waals surface area contributed by atoms with Crippen LogP contribution in [0.2, 0.25) is 0 Å². The monoisotopic (exact) mass is 268 g/mol. The third-order valence-electron chi connectivity index (χ3n) is 3.85. The van der Waals surface area contributed by atoms with Crippen LogP contribution >= 0.6 is 0 Å². The van der Waals surface area contributed by atoms with Crippen molar-refractivity contribution >= 4 is 10.0 Å². The highest BCUT2D eigenvalue weighted by atomic mass is 32.2. The number of hydrogen-bond donors (Lipinski definition) is 1. The van der Waals surface area contributed by atoms with E-state index in [1.165, 1.54) is 0 Å². The van der Waals surface area contributed by atoms with E-state index in [1.54, 1.807) is 28.6 Å². The van der Waals surface area contributed by atoms with Crippen molar-refractivity contribution in [3.05, 3.63) is 29.8 Å². The maximum Gasteiger partial charge on any atom is 0.243 e. The van der Waals surface area contributed by atoms with Crippen LogP contribution in [0.3, 0.4) is 0 Å². The molecule has 18 heavy (non-hydrogen) atoms. The second kappa shape index (κ2) is 4.99. The topological polar surface area (TPSA) is 63.4 Å². The molecule has 2 unspecified atom stereocenters. The van der Waals surface area contributed by atoms with E-state index in [9.17, 15) is 8.42 Å². The fraction of sp³-hybridized carbons (Fsp3) is 0.538. The van der Waals surface area contributed by atoms with Gasteiger partial charge in [-0.3, -0.25) is 0 Å². The van der Waals surface area contributed by atoms with Gasteiger partial charge >= 0.3 is 0 Å². The Hall–Kier alpha value is -0.910. The molecule has 0 aliphatic carbocycles. The zero-order chi connectivity index (χ0) is 13.3. The molecule has 1 aromatic rings. The average molecular weight is 268 g/mol. The number of nitrogens with zero attached hydrogens (tertiary/aromatic N) is 1. The highest BCUT2D eigenvalue weighted by Crippen LogP contribution is 2.29. The third-order valence-corrected chi connectivity index (χ3v) is 5.85. The second-order valence-electron chi connectivity index (χ2n) is 4.97. The largest absolute Gasteiger partial charge is 0.326 e. The summed E-state index contributed by atoms with van der Waals surface area (Å²) in [5.41, 5.74) is 6.45. The zero-order valence-electron chi connectivity index (χ0n) is 10.8. The summed E-state index contributed by atoms with van der Waals surface area (Å²) < 4.78 is 26.6. The molecule has 1 fully saturated rings. The first-order valence-electron chi connectivity index (χ1n) is 6.27. The molecule has 0 saturated carbocycles. The van der Waals surface area contributed by atoms with Crippen molar-refractivity contribution in [2.75, 3.05) is 6.54 Å². The second-order valence-corrected chi connectivity index (χ2v) is 6.86. The lowest BCUT2D eigenvalue weighted by atomic mass is 10.1. The van der Waals surface area contributed by atoms with Crippen molar-refractivity contribution in [1.29, 1.82) is 0 Å². The molecular formula is C13H20N2O2S. The van der Waals surface area contributed by atoms with Gasteiger partial charge in [-0.15, -0.1) is 0 Å². The van der Waals surface area contributed by atoms with Gasteiger partial charge in [0, 0.05) is 19.1 Å². The molecule has 1 saturated heterocycles. The first-order chi connectivity index (χ1) is 8.46. The van der Waals surface area contributed by atoms with Crippen molar-refractivity contribution in [1.82, 2.24) is 4.31 Å². The van der Waals surface area contributed by atoms with Gasteiger partial charge in [-0.2, -0.15) is 4.31 Å².